The van der Waals surface area contributed by atoms with Gasteiger partial charge in [-0.2, -0.15) is 0 Å². The third-order valence-electron chi connectivity index (χ3n) is 3.25. The van der Waals surface area contributed by atoms with Crippen LogP contribution in [-0.4, -0.2) is 40.1 Å². The van der Waals surface area contributed by atoms with E-state index < -0.39 is 5.78 Å². The van der Waals surface area contributed by atoms with E-state index in [1.165, 1.54) is 17.8 Å². The number of nitrogens with zero attached hydrogens (tertiary/aromatic N) is 1. The first-order valence-corrected chi connectivity index (χ1v) is 6.01. The van der Waals surface area contributed by atoms with Gasteiger partial charge < -0.3 is 19.5 Å². The van der Waals surface area contributed by atoms with Crippen LogP contribution >= 0.6 is 0 Å². The lowest BCUT2D eigenvalue weighted by atomic mass is 9.96. The summed E-state index contributed by atoms with van der Waals surface area (Å²) >= 11 is 0. The molecule has 1 aromatic heterocycles. The molecule has 2 N–H and O–H groups in total. The first-order valence-electron chi connectivity index (χ1n) is 6.01. The maximum absolute atomic E-state index is 12.3. The predicted octanol–water partition coefficient (Wildman–Crippen LogP) is 0.432. The summed E-state index contributed by atoms with van der Waals surface area (Å²) in [5.74, 6) is -0.816. The topological polar surface area (TPSA) is 88.8 Å². The predicted molar refractivity (Wildman–Crippen MR) is 71.2 cm³/mol. The molecule has 0 unspecified atom stereocenters. The summed E-state index contributed by atoms with van der Waals surface area (Å²) in [6.45, 7) is -0.561. The molecule has 1 heterocycles. The van der Waals surface area contributed by atoms with Crippen molar-refractivity contribution in [1.82, 2.24) is 4.57 Å². The highest BCUT2D eigenvalue weighted by Crippen LogP contribution is 2.30. The summed E-state index contributed by atoms with van der Waals surface area (Å²) in [4.78, 5) is 24.4. The summed E-state index contributed by atoms with van der Waals surface area (Å²) in [7, 11) is 2.95. The lowest BCUT2D eigenvalue weighted by Crippen LogP contribution is -2.20. The number of rotatable bonds is 4. The van der Waals surface area contributed by atoms with Crippen molar-refractivity contribution in [2.24, 2.45) is 7.05 Å². The Morgan fingerprint density at radius 1 is 1.35 bits per heavy atom. The summed E-state index contributed by atoms with van der Waals surface area (Å²) < 4.78 is 6.44. The van der Waals surface area contributed by atoms with Gasteiger partial charge in [0.2, 0.25) is 11.6 Å². The number of ether oxygens (including phenoxy) is 1. The van der Waals surface area contributed by atoms with E-state index in [9.17, 15) is 14.7 Å². The van der Waals surface area contributed by atoms with Crippen LogP contribution in [-0.2, 0) is 18.4 Å². The third-order valence-corrected chi connectivity index (χ3v) is 3.25. The lowest BCUT2D eigenvalue weighted by Gasteiger charge is -2.12. The fourth-order valence-electron chi connectivity index (χ4n) is 2.36. The van der Waals surface area contributed by atoms with E-state index in [2.05, 4.69) is 0 Å². The molecule has 106 valence electrons. The van der Waals surface area contributed by atoms with Gasteiger partial charge in [0, 0.05) is 24.4 Å². The molecule has 0 fully saturated rings. The molecule has 0 amide bonds. The van der Waals surface area contributed by atoms with Crippen molar-refractivity contribution < 1.29 is 24.5 Å². The molecule has 6 nitrogen and oxygen atoms in total. The number of allylic oxidation sites excluding steroid dienone is 2. The van der Waals surface area contributed by atoms with Crippen LogP contribution < -0.4 is 0 Å². The largest absolute Gasteiger partial charge is 0.492 e. The van der Waals surface area contributed by atoms with Gasteiger partial charge in [-0.25, -0.2) is 0 Å². The van der Waals surface area contributed by atoms with Crippen molar-refractivity contribution in [3.63, 3.8) is 0 Å². The maximum Gasteiger partial charge on any atom is 0.230 e. The van der Waals surface area contributed by atoms with Gasteiger partial charge in [0.25, 0.3) is 0 Å². The van der Waals surface area contributed by atoms with Gasteiger partial charge in [-0.15, -0.1) is 0 Å². The number of Topliss-reactive ketones (excluding diaryl/α,β-unsaturated/α-hetero) is 1. The van der Waals surface area contributed by atoms with Gasteiger partial charge in [0.1, 0.15) is 5.69 Å². The molecule has 20 heavy (non-hydrogen) atoms. The highest BCUT2D eigenvalue weighted by Gasteiger charge is 2.34. The van der Waals surface area contributed by atoms with Crippen LogP contribution in [0.3, 0.4) is 0 Å². The molecule has 1 aliphatic rings. The zero-order valence-electron chi connectivity index (χ0n) is 11.2. The van der Waals surface area contributed by atoms with Crippen LogP contribution in [0, 0.1) is 0 Å². The fraction of sp³-hybridized carbons (Fsp3) is 0.286. The van der Waals surface area contributed by atoms with Crippen LogP contribution in [0.2, 0.25) is 0 Å². The molecule has 0 spiro atoms. The van der Waals surface area contributed by atoms with E-state index in [4.69, 9.17) is 9.84 Å². The van der Waals surface area contributed by atoms with Crippen molar-refractivity contribution in [2.45, 2.75) is 6.61 Å². The number of aliphatic hydroxyl groups excluding tert-OH is 2. The number of carbonyl (C=O) groups is 2. The monoisotopic (exact) mass is 277 g/mol. The fourth-order valence-corrected chi connectivity index (χ4v) is 2.36. The zero-order chi connectivity index (χ0) is 14.9. The molecular formula is C14H15NO5. The van der Waals surface area contributed by atoms with Gasteiger partial charge in [-0.05, 0) is 6.08 Å². The van der Waals surface area contributed by atoms with E-state index in [0.29, 0.717) is 11.3 Å². The Balaban J connectivity index is 2.71. The minimum Gasteiger partial charge on any atom is -0.492 e. The third kappa shape index (κ3) is 1.99. The number of ketones is 2. The molecule has 0 aromatic carbocycles. The molecular weight excluding hydrogens is 262 g/mol. The zero-order valence-corrected chi connectivity index (χ0v) is 11.2. The Morgan fingerprint density at radius 2 is 2.05 bits per heavy atom. The molecule has 2 rings (SSSR count). The summed E-state index contributed by atoms with van der Waals surface area (Å²) in [6, 6.07) is 0. The summed E-state index contributed by atoms with van der Waals surface area (Å²) in [5.41, 5.74) is 1.25. The highest BCUT2D eigenvalue weighted by molar-refractivity contribution is 6.24. The summed E-state index contributed by atoms with van der Waals surface area (Å²) in [6.07, 6.45) is 4.18. The molecule has 0 bridgehead atoms. The van der Waals surface area contributed by atoms with Gasteiger partial charge in [0.15, 0.2) is 5.76 Å². The number of methoxy groups -OCH3 is 1. The van der Waals surface area contributed by atoms with E-state index in [1.54, 1.807) is 13.1 Å². The molecule has 6 heteroatoms. The molecule has 0 radical (unpaired) electrons. The van der Waals surface area contributed by atoms with Gasteiger partial charge in [0.05, 0.1) is 25.9 Å². The Bertz CT molecular complexity index is 636. The van der Waals surface area contributed by atoms with Crippen molar-refractivity contribution >= 4 is 17.6 Å². The Hall–Kier alpha value is -2.18. The van der Waals surface area contributed by atoms with E-state index >= 15 is 0 Å². The molecule has 0 aliphatic heterocycles. The van der Waals surface area contributed by atoms with E-state index in [1.807, 2.05) is 0 Å². The minimum absolute atomic E-state index is 0.0412. The molecule has 0 atom stereocenters. The standard InChI is InChI=1S/C14H15NO5/c1-15-9(4-3-5-16)8(7-17)12-13(15)10(18)6-11(20-2)14(12)19/h3-4,6,16-17H,5,7H2,1-2H3. The number of aliphatic hydroxyl groups is 2. The Kier molecular flexibility index (Phi) is 3.87. The lowest BCUT2D eigenvalue weighted by molar-refractivity contribution is 0.0911. The molecule has 1 aliphatic carbocycles. The second-order valence-corrected chi connectivity index (χ2v) is 4.30. The van der Waals surface area contributed by atoms with Crippen LogP contribution in [0.4, 0.5) is 0 Å². The van der Waals surface area contributed by atoms with Crippen LogP contribution in [0.25, 0.3) is 6.08 Å². The van der Waals surface area contributed by atoms with Crippen molar-refractivity contribution in [3.05, 3.63) is 40.4 Å². The van der Waals surface area contributed by atoms with Gasteiger partial charge in [-0.3, -0.25) is 9.59 Å². The number of carbonyl (C=O) groups excluding carboxylic acids is 2. The summed E-state index contributed by atoms with van der Waals surface area (Å²) in [5, 5.41) is 18.4. The maximum atomic E-state index is 12.3. The normalized spacial score (nSPS) is 14.7. The van der Waals surface area contributed by atoms with Crippen molar-refractivity contribution in [3.8, 4) is 0 Å². The van der Waals surface area contributed by atoms with Gasteiger partial charge in [-0.1, -0.05) is 6.08 Å². The quantitative estimate of drug-likeness (QED) is 0.833. The van der Waals surface area contributed by atoms with Crippen LogP contribution in [0.15, 0.2) is 17.9 Å². The van der Waals surface area contributed by atoms with E-state index in [-0.39, 0.29) is 36.0 Å². The van der Waals surface area contributed by atoms with E-state index in [0.717, 1.165) is 6.08 Å². The Morgan fingerprint density at radius 3 is 2.60 bits per heavy atom. The molecule has 0 saturated carbocycles. The molecule has 0 saturated heterocycles. The Labute approximate surface area is 115 Å². The first kappa shape index (κ1) is 14.2. The van der Waals surface area contributed by atoms with Crippen molar-refractivity contribution in [1.29, 1.82) is 0 Å². The average molecular weight is 277 g/mol. The highest BCUT2D eigenvalue weighted by atomic mass is 16.5. The SMILES string of the molecule is COC1=CC(=O)c2c(c(CO)c(C=CCO)n2C)C1=O. The number of aromatic nitrogens is 1. The van der Waals surface area contributed by atoms with Crippen LogP contribution in [0.5, 0.6) is 0 Å². The second kappa shape index (κ2) is 5.44. The van der Waals surface area contributed by atoms with Crippen molar-refractivity contribution in [2.75, 3.05) is 13.7 Å². The van der Waals surface area contributed by atoms with Crippen LogP contribution in [0.1, 0.15) is 32.1 Å². The first-order chi connectivity index (χ1) is 9.56. The second-order valence-electron chi connectivity index (χ2n) is 4.30. The number of hydrogen-bond donors (Lipinski definition) is 2. The number of fused-ring (bicyclic) bond motifs is 1. The molecule has 1 aromatic rings. The minimum atomic E-state index is -0.426. The smallest absolute Gasteiger partial charge is 0.230 e. The average Bonchev–Trinajstić information content (AvgIpc) is 2.73. The number of hydrogen-bond acceptors (Lipinski definition) is 5. The van der Waals surface area contributed by atoms with Gasteiger partial charge >= 0.3 is 0 Å².